The maximum absolute atomic E-state index is 13.1. The van der Waals surface area contributed by atoms with Gasteiger partial charge in [0.1, 0.15) is 9.10 Å². The Kier molecular flexibility index (Phi) is 4.64. The number of hydrogen-bond donors (Lipinski definition) is 1. The molecule has 2 rings (SSSR count). The van der Waals surface area contributed by atoms with E-state index in [1.807, 2.05) is 4.72 Å². The summed E-state index contributed by atoms with van der Waals surface area (Å²) in [6.45, 7) is 0. The third-order valence-electron chi connectivity index (χ3n) is 2.28. The number of benzene rings is 1. The van der Waals surface area contributed by atoms with Crippen molar-refractivity contribution in [3.8, 4) is 0 Å². The highest BCUT2D eigenvalue weighted by Gasteiger charge is 2.23. The summed E-state index contributed by atoms with van der Waals surface area (Å²) in [6.07, 6.45) is 0. The monoisotopic (exact) mass is 433 g/mol. The molecule has 0 aliphatic heterocycles. The predicted molar refractivity (Wildman–Crippen MR) is 82.6 cm³/mol. The fraction of sp³-hybridized carbons (Fsp3) is 0. The molecule has 0 saturated carbocycles. The summed E-state index contributed by atoms with van der Waals surface area (Å²) in [5.41, 5.74) is -0.374. The van der Waals surface area contributed by atoms with Crippen LogP contribution in [0.1, 0.15) is 0 Å². The Labute approximate surface area is 138 Å². The molecule has 21 heavy (non-hydrogen) atoms. The van der Waals surface area contributed by atoms with Gasteiger partial charge in [0.2, 0.25) is 0 Å². The Balaban J connectivity index is 2.47. The van der Waals surface area contributed by atoms with Gasteiger partial charge in [-0.3, -0.25) is 4.72 Å². The summed E-state index contributed by atoms with van der Waals surface area (Å²) in [5.74, 6) is 0. The molecule has 114 valence electrons. The number of sulfonamides is 1. The fourth-order valence-corrected chi connectivity index (χ4v) is 5.58. The van der Waals surface area contributed by atoms with E-state index < -0.39 is 25.1 Å². The van der Waals surface area contributed by atoms with Crippen molar-refractivity contribution in [3.63, 3.8) is 0 Å². The number of halogens is 3. The largest absolute Gasteiger partial charge is 0.334 e. The number of para-hydroxylation sites is 1. The van der Waals surface area contributed by atoms with Gasteiger partial charge in [0.15, 0.2) is 0 Å². The molecule has 0 radical (unpaired) electrons. The molecule has 0 bridgehead atoms. The van der Waals surface area contributed by atoms with Crippen molar-refractivity contribution in [1.29, 1.82) is 0 Å². The minimum Gasteiger partial charge on any atom is -0.278 e. The van der Waals surface area contributed by atoms with Gasteiger partial charge in [-0.1, -0.05) is 23.7 Å². The van der Waals surface area contributed by atoms with E-state index in [0.29, 0.717) is 3.79 Å². The Hall–Kier alpha value is -0.680. The lowest BCUT2D eigenvalue weighted by Crippen LogP contribution is -2.13. The zero-order chi connectivity index (χ0) is 15.8. The molecule has 0 amide bonds. The minimum absolute atomic E-state index is 0.134. The van der Waals surface area contributed by atoms with Crippen LogP contribution in [-0.2, 0) is 20.2 Å². The molecule has 0 saturated heterocycles. The first kappa shape index (κ1) is 16.7. The second kappa shape index (κ2) is 5.84. The summed E-state index contributed by atoms with van der Waals surface area (Å²) in [4.78, 5) is -0.754. The van der Waals surface area contributed by atoms with Crippen LogP contribution in [0.2, 0.25) is 5.02 Å². The number of hydrogen-bond acceptors (Lipinski definition) is 5. The molecular weight excluding hydrogens is 429 g/mol. The first-order valence-electron chi connectivity index (χ1n) is 5.12. The summed E-state index contributed by atoms with van der Waals surface area (Å²) in [7, 11) is -9.12. The predicted octanol–water partition coefficient (Wildman–Crippen LogP) is 3.62. The second-order valence-corrected chi connectivity index (χ2v) is 9.73. The average Bonchev–Trinajstić information content (AvgIpc) is 2.69. The van der Waals surface area contributed by atoms with Crippen molar-refractivity contribution in [2.45, 2.75) is 9.10 Å². The minimum atomic E-state index is -5.05. The van der Waals surface area contributed by atoms with Crippen LogP contribution in [0.3, 0.4) is 0 Å². The molecule has 1 aromatic heterocycles. The molecule has 0 unspecified atom stereocenters. The van der Waals surface area contributed by atoms with Crippen LogP contribution in [0, 0.1) is 0 Å². The molecule has 0 aliphatic rings. The van der Waals surface area contributed by atoms with Gasteiger partial charge in [-0.15, -0.1) is 15.2 Å². The van der Waals surface area contributed by atoms with Gasteiger partial charge >= 0.3 is 10.2 Å². The quantitative estimate of drug-likeness (QED) is 0.745. The van der Waals surface area contributed by atoms with E-state index in [1.165, 1.54) is 18.2 Å². The molecule has 1 heterocycles. The van der Waals surface area contributed by atoms with E-state index in [-0.39, 0.29) is 14.9 Å². The first-order chi connectivity index (χ1) is 9.61. The van der Waals surface area contributed by atoms with Crippen molar-refractivity contribution in [2.75, 3.05) is 4.72 Å². The number of thiophene rings is 1. The van der Waals surface area contributed by atoms with Gasteiger partial charge in [0.25, 0.3) is 10.0 Å². The zero-order valence-electron chi connectivity index (χ0n) is 9.88. The highest BCUT2D eigenvalue weighted by molar-refractivity contribution is 9.11. The van der Waals surface area contributed by atoms with Gasteiger partial charge in [0, 0.05) is 0 Å². The molecule has 0 aliphatic carbocycles. The summed E-state index contributed by atoms with van der Waals surface area (Å²) in [6, 6.07) is 5.97. The Bertz CT molecular complexity index is 875. The maximum atomic E-state index is 13.1. The van der Waals surface area contributed by atoms with Crippen LogP contribution in [-0.4, -0.2) is 16.8 Å². The van der Waals surface area contributed by atoms with Crippen LogP contribution < -0.4 is 4.72 Å². The lowest BCUT2D eigenvalue weighted by atomic mass is 10.3. The molecule has 2 aromatic rings. The van der Waals surface area contributed by atoms with E-state index in [2.05, 4.69) is 15.9 Å². The van der Waals surface area contributed by atoms with E-state index in [0.717, 1.165) is 23.5 Å². The van der Waals surface area contributed by atoms with Gasteiger partial charge in [0.05, 0.1) is 14.5 Å². The lowest BCUT2D eigenvalue weighted by molar-refractivity contribution is 0.552. The van der Waals surface area contributed by atoms with Crippen LogP contribution >= 0.6 is 38.9 Å². The zero-order valence-corrected chi connectivity index (χ0v) is 14.7. The van der Waals surface area contributed by atoms with Crippen molar-refractivity contribution in [3.05, 3.63) is 39.1 Å². The molecule has 11 heteroatoms. The first-order valence-corrected chi connectivity index (χ1v) is 9.98. The molecule has 0 atom stereocenters. The van der Waals surface area contributed by atoms with Crippen molar-refractivity contribution in [1.82, 2.24) is 0 Å². The summed E-state index contributed by atoms with van der Waals surface area (Å²) < 4.78 is 61.8. The SMILES string of the molecule is O=S(=O)(F)c1ccccc1NS(=O)(=O)c1cc(Cl)c(Br)s1. The van der Waals surface area contributed by atoms with E-state index in [9.17, 15) is 20.7 Å². The molecule has 5 nitrogen and oxygen atoms in total. The third-order valence-corrected chi connectivity index (χ3v) is 7.48. The van der Waals surface area contributed by atoms with Crippen LogP contribution in [0.4, 0.5) is 9.57 Å². The normalized spacial score (nSPS) is 12.3. The maximum Gasteiger partial charge on any atom is 0.334 e. The van der Waals surface area contributed by atoms with Crippen LogP contribution in [0.25, 0.3) is 0 Å². The Morgan fingerprint density at radius 3 is 2.33 bits per heavy atom. The molecular formula is C10H6BrClFNO4S3. The molecule has 1 aromatic carbocycles. The van der Waals surface area contributed by atoms with E-state index in [1.54, 1.807) is 0 Å². The summed E-state index contributed by atoms with van der Waals surface area (Å²) >= 11 is 9.68. The second-order valence-electron chi connectivity index (χ2n) is 3.73. The van der Waals surface area contributed by atoms with Crippen molar-refractivity contribution in [2.24, 2.45) is 0 Å². The fourth-order valence-electron chi connectivity index (χ4n) is 1.42. The topological polar surface area (TPSA) is 80.3 Å². The molecule has 1 N–H and O–H groups in total. The van der Waals surface area contributed by atoms with Crippen molar-refractivity contribution < 1.29 is 20.7 Å². The number of anilines is 1. The van der Waals surface area contributed by atoms with Crippen LogP contribution in [0.15, 0.2) is 43.2 Å². The van der Waals surface area contributed by atoms with Crippen LogP contribution in [0.5, 0.6) is 0 Å². The standard InChI is InChI=1S/C10H6BrClFNO4S3/c11-10-6(12)5-9(19-10)21(17,18)14-7-3-1-2-4-8(7)20(13,15)16/h1-5,14H. The molecule has 0 fully saturated rings. The highest BCUT2D eigenvalue weighted by atomic mass is 79.9. The Morgan fingerprint density at radius 2 is 1.81 bits per heavy atom. The highest BCUT2D eigenvalue weighted by Crippen LogP contribution is 2.36. The molecule has 0 spiro atoms. The Morgan fingerprint density at radius 1 is 1.19 bits per heavy atom. The van der Waals surface area contributed by atoms with Gasteiger partial charge in [-0.2, -0.15) is 8.42 Å². The van der Waals surface area contributed by atoms with E-state index in [4.69, 9.17) is 11.6 Å². The smallest absolute Gasteiger partial charge is 0.278 e. The van der Waals surface area contributed by atoms with Crippen molar-refractivity contribution >= 4 is 64.8 Å². The number of nitrogens with one attached hydrogen (secondary N) is 1. The van der Waals surface area contributed by atoms with Gasteiger partial charge in [-0.25, -0.2) is 8.42 Å². The average molecular weight is 435 g/mol. The number of rotatable bonds is 4. The third kappa shape index (κ3) is 3.75. The van der Waals surface area contributed by atoms with Gasteiger partial charge in [-0.05, 0) is 34.1 Å². The van der Waals surface area contributed by atoms with Gasteiger partial charge < -0.3 is 0 Å². The van der Waals surface area contributed by atoms with E-state index >= 15 is 0 Å². The lowest BCUT2D eigenvalue weighted by Gasteiger charge is -2.08. The summed E-state index contributed by atoms with van der Waals surface area (Å²) in [5, 5.41) is 0.201.